The van der Waals surface area contributed by atoms with Crippen molar-refractivity contribution in [3.63, 3.8) is 0 Å². The quantitative estimate of drug-likeness (QED) is 0.226. The number of carboxylic acid groups (broad SMARTS) is 1. The number of aliphatic imine (C=N–C) groups is 1. The number of aromatic nitrogens is 1. The van der Waals surface area contributed by atoms with E-state index in [0.29, 0.717) is 17.5 Å². The molecule has 1 N–H and O–H groups in total. The van der Waals surface area contributed by atoms with Crippen LogP contribution in [-0.2, 0) is 10.3 Å². The molecule has 1 amide bonds. The zero-order valence-corrected chi connectivity index (χ0v) is 20.8. The number of hydrogen-bond donors (Lipinski definition) is 1. The molecule has 3 rings (SSSR count). The van der Waals surface area contributed by atoms with Crippen LogP contribution < -0.4 is 0 Å². The molecule has 2 unspecified atom stereocenters. The first-order valence-corrected chi connectivity index (χ1v) is 15.0. The standard InChI is InChI=1S/C19H26BrF2N3O3SSi/c1-18(13-9-12(20)10-23-15(13)21)14-5-6-19(14,22)29-16(24-18)25(17(26)27)11-28-7-8-30(2,3)4/h9-10,14H,5-8,11H2,1-4H3,(H,26,27)/t14?,18-,19?/m1/s1. The third kappa shape index (κ3) is 4.73. The van der Waals surface area contributed by atoms with E-state index in [1.807, 2.05) is 0 Å². The van der Waals surface area contributed by atoms with E-state index in [9.17, 15) is 14.3 Å². The average molecular weight is 522 g/mol. The Morgan fingerprint density at radius 3 is 2.77 bits per heavy atom. The maximum atomic E-state index is 15.7. The van der Waals surface area contributed by atoms with Gasteiger partial charge in [0.1, 0.15) is 6.73 Å². The van der Waals surface area contributed by atoms with Gasteiger partial charge in [-0.15, -0.1) is 0 Å². The smallest absolute Gasteiger partial charge is 0.415 e. The number of amidine groups is 1. The van der Waals surface area contributed by atoms with Crippen LogP contribution in [0, 0.1) is 11.9 Å². The maximum Gasteiger partial charge on any atom is 0.415 e. The molecule has 30 heavy (non-hydrogen) atoms. The van der Waals surface area contributed by atoms with Crippen LogP contribution in [0.3, 0.4) is 0 Å². The molecular weight excluding hydrogens is 496 g/mol. The minimum absolute atomic E-state index is 0.0178. The molecular formula is C19H26BrF2N3O3SSi. The molecule has 3 atom stereocenters. The molecule has 0 aromatic carbocycles. The minimum atomic E-state index is -1.72. The van der Waals surface area contributed by atoms with Crippen LogP contribution in [0.2, 0.25) is 25.7 Å². The normalized spacial score (nSPS) is 28.4. The van der Waals surface area contributed by atoms with Gasteiger partial charge in [-0.25, -0.2) is 19.1 Å². The lowest BCUT2D eigenvalue weighted by molar-refractivity contribution is 0.0146. The van der Waals surface area contributed by atoms with Gasteiger partial charge in [-0.2, -0.15) is 4.39 Å². The summed E-state index contributed by atoms with van der Waals surface area (Å²) < 4.78 is 36.4. The van der Waals surface area contributed by atoms with Gasteiger partial charge in [0.2, 0.25) is 5.95 Å². The highest BCUT2D eigenvalue weighted by Gasteiger charge is 2.62. The van der Waals surface area contributed by atoms with Crippen molar-refractivity contribution >= 4 is 47.0 Å². The van der Waals surface area contributed by atoms with Crippen LogP contribution >= 0.6 is 27.7 Å². The van der Waals surface area contributed by atoms with Crippen LogP contribution in [0.25, 0.3) is 0 Å². The fraction of sp³-hybridized carbons (Fsp3) is 0.632. The van der Waals surface area contributed by atoms with E-state index in [1.54, 1.807) is 6.92 Å². The minimum Gasteiger partial charge on any atom is -0.465 e. The number of amides is 1. The maximum absolute atomic E-state index is 15.7. The molecule has 6 nitrogen and oxygen atoms in total. The van der Waals surface area contributed by atoms with Gasteiger partial charge in [-0.1, -0.05) is 19.6 Å². The van der Waals surface area contributed by atoms with E-state index in [-0.39, 0.29) is 23.9 Å². The molecule has 0 spiro atoms. The van der Waals surface area contributed by atoms with Crippen LogP contribution in [0.1, 0.15) is 25.3 Å². The Morgan fingerprint density at radius 1 is 1.50 bits per heavy atom. The van der Waals surface area contributed by atoms with Crippen molar-refractivity contribution < 1.29 is 23.4 Å². The van der Waals surface area contributed by atoms with E-state index >= 15 is 4.39 Å². The summed E-state index contributed by atoms with van der Waals surface area (Å²) in [5.41, 5.74) is -1.13. The van der Waals surface area contributed by atoms with Crippen LogP contribution in [0.15, 0.2) is 21.7 Å². The third-order valence-corrected chi connectivity index (χ3v) is 9.05. The van der Waals surface area contributed by atoms with Crippen molar-refractivity contribution in [2.45, 2.75) is 56.0 Å². The van der Waals surface area contributed by atoms with Crippen molar-refractivity contribution in [2.24, 2.45) is 10.9 Å². The molecule has 1 aliphatic heterocycles. The summed E-state index contributed by atoms with van der Waals surface area (Å²) in [5, 5.41) is 7.99. The lowest BCUT2D eigenvalue weighted by Gasteiger charge is -2.53. The summed E-state index contributed by atoms with van der Waals surface area (Å²) in [6, 6.07) is 2.41. The molecule has 1 aliphatic carbocycles. The van der Waals surface area contributed by atoms with E-state index < -0.39 is 36.6 Å². The molecule has 166 valence electrons. The number of rotatable bonds is 6. The second-order valence-electron chi connectivity index (χ2n) is 9.07. The predicted molar refractivity (Wildman–Crippen MR) is 120 cm³/mol. The molecule has 0 saturated heterocycles. The van der Waals surface area contributed by atoms with E-state index in [1.165, 1.54) is 12.3 Å². The van der Waals surface area contributed by atoms with Gasteiger partial charge in [-0.3, -0.25) is 4.99 Å². The zero-order chi connectivity index (χ0) is 22.3. The molecule has 1 aromatic heterocycles. The molecule has 1 saturated carbocycles. The number of nitrogens with zero attached hydrogens (tertiary/aromatic N) is 3. The van der Waals surface area contributed by atoms with Gasteiger partial charge in [0.25, 0.3) is 0 Å². The lowest BCUT2D eigenvalue weighted by atomic mass is 9.67. The monoisotopic (exact) mass is 521 g/mol. The highest BCUT2D eigenvalue weighted by Crippen LogP contribution is 2.62. The Hall–Kier alpha value is -1.04. The summed E-state index contributed by atoms with van der Waals surface area (Å²) in [7, 11) is -1.34. The first-order chi connectivity index (χ1) is 13.9. The number of pyridine rings is 1. The predicted octanol–water partition coefficient (Wildman–Crippen LogP) is 5.67. The fourth-order valence-electron chi connectivity index (χ4n) is 3.66. The van der Waals surface area contributed by atoms with Crippen LogP contribution in [-0.4, -0.2) is 52.7 Å². The van der Waals surface area contributed by atoms with E-state index in [2.05, 4.69) is 45.5 Å². The number of halogens is 3. The fourth-order valence-corrected chi connectivity index (χ4v) is 6.23. The number of fused-ring (bicyclic) bond motifs is 1. The molecule has 2 aliphatic rings. The summed E-state index contributed by atoms with van der Waals surface area (Å²) in [5.74, 6) is -1.31. The largest absolute Gasteiger partial charge is 0.465 e. The number of ether oxygens (including phenoxy) is 1. The Balaban J connectivity index is 1.93. The number of hydrogen-bond acceptors (Lipinski definition) is 5. The molecule has 11 heteroatoms. The van der Waals surface area contributed by atoms with Crippen molar-refractivity contribution in [3.8, 4) is 0 Å². The first kappa shape index (κ1) is 23.6. The molecule has 2 heterocycles. The topological polar surface area (TPSA) is 75.0 Å². The summed E-state index contributed by atoms with van der Waals surface area (Å²) in [6.07, 6.45) is 0.821. The van der Waals surface area contributed by atoms with Crippen LogP contribution in [0.4, 0.5) is 13.6 Å². The van der Waals surface area contributed by atoms with Crippen molar-refractivity contribution in [2.75, 3.05) is 13.3 Å². The lowest BCUT2D eigenvalue weighted by Crippen LogP contribution is -2.57. The number of thioether (sulfide) groups is 1. The zero-order valence-electron chi connectivity index (χ0n) is 17.4. The highest BCUT2D eigenvalue weighted by molar-refractivity contribution is 9.10. The summed E-state index contributed by atoms with van der Waals surface area (Å²) >= 11 is 4.07. The van der Waals surface area contributed by atoms with Gasteiger partial charge in [0.15, 0.2) is 10.2 Å². The molecule has 0 bridgehead atoms. The number of carbonyl (C=O) groups is 1. The first-order valence-electron chi connectivity index (χ1n) is 9.73. The third-order valence-electron chi connectivity index (χ3n) is 5.59. The molecule has 0 radical (unpaired) electrons. The van der Waals surface area contributed by atoms with Crippen molar-refractivity contribution in [1.82, 2.24) is 9.88 Å². The van der Waals surface area contributed by atoms with Gasteiger partial charge >= 0.3 is 6.09 Å². The van der Waals surface area contributed by atoms with Gasteiger partial charge < -0.3 is 9.84 Å². The summed E-state index contributed by atoms with van der Waals surface area (Å²) in [6.45, 7) is 8.40. The molecule has 1 fully saturated rings. The highest BCUT2D eigenvalue weighted by atomic mass is 79.9. The van der Waals surface area contributed by atoms with Gasteiger partial charge in [-0.05, 0) is 59.6 Å². The van der Waals surface area contributed by atoms with Crippen molar-refractivity contribution in [3.05, 3.63) is 28.2 Å². The average Bonchev–Trinajstić information content (AvgIpc) is 2.60. The second kappa shape index (κ2) is 8.48. The Kier molecular flexibility index (Phi) is 6.67. The summed E-state index contributed by atoms with van der Waals surface area (Å²) in [4.78, 5) is 21.1. The SMILES string of the molecule is C[C@]1(c2cc(Br)cnc2F)N=C(N(COCC[Si](C)(C)C)C(=O)O)SC2(F)CCC21. The van der Waals surface area contributed by atoms with Crippen LogP contribution in [0.5, 0.6) is 0 Å². The van der Waals surface area contributed by atoms with Gasteiger partial charge in [0, 0.05) is 36.8 Å². The second-order valence-corrected chi connectivity index (χ2v) is 16.9. The Morgan fingerprint density at radius 2 is 2.20 bits per heavy atom. The van der Waals surface area contributed by atoms with E-state index in [0.717, 1.165) is 22.7 Å². The Labute approximate surface area is 188 Å². The van der Waals surface area contributed by atoms with E-state index in [4.69, 9.17) is 4.74 Å². The molecule has 1 aromatic rings. The van der Waals surface area contributed by atoms with Gasteiger partial charge in [0.05, 0.1) is 5.54 Å². The Bertz CT molecular complexity index is 872. The number of alkyl halides is 1. The van der Waals surface area contributed by atoms with Crippen molar-refractivity contribution in [1.29, 1.82) is 0 Å².